The monoisotopic (exact) mass is 490 g/mol. The first-order chi connectivity index (χ1) is 22.0. The van der Waals surface area contributed by atoms with Gasteiger partial charge in [0.1, 0.15) is 5.41 Å². The van der Waals surface area contributed by atoms with E-state index in [1.807, 2.05) is 0 Å². The highest BCUT2D eigenvalue weighted by molar-refractivity contribution is 6.30. The van der Waals surface area contributed by atoms with Gasteiger partial charge in [0.2, 0.25) is 5.91 Å². The molecule has 3 aromatic rings. The molecule has 0 radical (unpaired) electrons. The number of aliphatic hydroxyl groups is 1. The van der Waals surface area contributed by atoms with Gasteiger partial charge in [-0.05, 0) is 54.5 Å². The molecule has 4 nitrogen and oxygen atoms in total. The molecule has 1 N–H and O–H groups in total. The van der Waals surface area contributed by atoms with Crippen LogP contribution in [0.2, 0.25) is 5.02 Å². The molecule has 1 saturated heterocycles. The van der Waals surface area contributed by atoms with Crippen molar-refractivity contribution in [2.24, 2.45) is 0 Å². The Morgan fingerprint density at radius 1 is 1.03 bits per heavy atom. The maximum absolute atomic E-state index is 14.7. The van der Waals surface area contributed by atoms with Crippen molar-refractivity contribution in [2.75, 3.05) is 33.7 Å². The van der Waals surface area contributed by atoms with E-state index in [0.29, 0.717) is 10.6 Å². The van der Waals surface area contributed by atoms with Gasteiger partial charge in [0, 0.05) is 37.7 Å². The molecule has 0 bridgehead atoms. The van der Waals surface area contributed by atoms with Crippen molar-refractivity contribution in [3.8, 4) is 0 Å². The van der Waals surface area contributed by atoms with Crippen LogP contribution in [-0.4, -0.2) is 54.5 Å². The summed E-state index contributed by atoms with van der Waals surface area (Å²) >= 11 is 5.99. The minimum Gasteiger partial charge on any atom is -0.385 e. The molecule has 4 rings (SSSR count). The average Bonchev–Trinajstić information content (AvgIpc) is 3.03. The first-order valence-electron chi connectivity index (χ1n) is 17.6. The van der Waals surface area contributed by atoms with Crippen molar-refractivity contribution in [2.45, 2.75) is 30.2 Å². The number of nitrogens with zero attached hydrogens (tertiary/aromatic N) is 2. The van der Waals surface area contributed by atoms with Crippen LogP contribution < -0.4 is 0 Å². The smallest absolute Gasteiger partial charge is 0.237 e. The number of benzene rings is 3. The summed E-state index contributed by atoms with van der Waals surface area (Å²) in [6.07, 6.45) is -3.98. The number of piperidine rings is 1. The number of likely N-dealkylation sites (N-methyl/N-ethyl adjacent to an activating group) is 1. The largest absolute Gasteiger partial charge is 0.385 e. The minimum atomic E-state index is -3.74. The second-order valence-corrected chi connectivity index (χ2v) is 8.65. The number of hydrogen-bond donors (Lipinski definition) is 1. The normalized spacial score (nSPS) is 22.9. The lowest BCUT2D eigenvalue weighted by Gasteiger charge is -2.41. The number of rotatable bonds is 7. The first kappa shape index (κ1) is 12.3. The Kier molecular flexibility index (Phi) is 3.74. The summed E-state index contributed by atoms with van der Waals surface area (Å²) in [5.74, 6) is -1.44. The second-order valence-electron chi connectivity index (χ2n) is 8.21. The lowest BCUT2D eigenvalue weighted by molar-refractivity contribution is -0.133. The van der Waals surface area contributed by atoms with E-state index in [4.69, 9.17) is 25.3 Å². The zero-order chi connectivity index (χ0) is 36.5. The third-order valence-electron chi connectivity index (χ3n) is 5.85. The van der Waals surface area contributed by atoms with E-state index in [-0.39, 0.29) is 25.9 Å². The molecule has 0 aromatic heterocycles. The molecule has 0 aliphatic carbocycles. The Morgan fingerprint density at radius 2 is 1.53 bits per heavy atom. The van der Waals surface area contributed by atoms with E-state index >= 15 is 0 Å². The summed E-state index contributed by atoms with van der Waals surface area (Å²) in [4.78, 5) is 16.4. The van der Waals surface area contributed by atoms with Gasteiger partial charge in [-0.15, -0.1) is 0 Å². The van der Waals surface area contributed by atoms with Gasteiger partial charge in [-0.25, -0.2) is 0 Å². The molecule has 1 heterocycles. The maximum Gasteiger partial charge on any atom is 0.237 e. The topological polar surface area (TPSA) is 43.8 Å². The van der Waals surface area contributed by atoms with E-state index in [1.165, 1.54) is 0 Å². The van der Waals surface area contributed by atoms with E-state index in [2.05, 4.69) is 0 Å². The van der Waals surface area contributed by atoms with E-state index < -0.39 is 101 Å². The molecule has 178 valence electrons. The standard InChI is InChI=1S/C29H33ClN2O2/c1-31(2)27(33)29(24-9-5-3-6-10-24,25-11-7-4-8-12-25)19-22-32-20-17-28(34,18-21-32)23-13-15-26(30)16-14-23/h3-16,34H,17-22H2,1-2H3/i3D,4D,5D,6D,7D,8D,9D,10D,11D,12D,19D2,22D2. The molecule has 0 atom stereocenters. The van der Waals surface area contributed by atoms with Gasteiger partial charge in [-0.1, -0.05) is 84.2 Å². The van der Waals surface area contributed by atoms with Crippen molar-refractivity contribution in [3.05, 3.63) is 106 Å². The third kappa shape index (κ3) is 4.90. The summed E-state index contributed by atoms with van der Waals surface area (Å²) in [5.41, 5.74) is -6.67. The minimum absolute atomic E-state index is 0.123. The van der Waals surface area contributed by atoms with Crippen molar-refractivity contribution in [3.63, 3.8) is 0 Å². The zero-order valence-corrected chi connectivity index (χ0v) is 19.5. The van der Waals surface area contributed by atoms with E-state index in [1.54, 1.807) is 24.3 Å². The molecule has 34 heavy (non-hydrogen) atoms. The predicted octanol–water partition coefficient (Wildman–Crippen LogP) is 5.09. The number of carbonyl (C=O) groups excluding carboxylic acids is 1. The SMILES string of the molecule is [2H]c1c([2H])c([2H])c(C(C(=O)N(C)C)(c2c([2H])c([2H])c([2H])c([2H])c2[2H])C([2H])([2H])C([2H])([2H])N2CCC(O)(c3ccc(Cl)cc3)CC2)c([2H])c1[2H]. The molecule has 0 saturated carbocycles. The molecule has 3 aromatic carbocycles. The molecular weight excluding hydrogens is 444 g/mol. The first-order valence-corrected chi connectivity index (χ1v) is 11.0. The number of carbonyl (C=O) groups is 1. The maximum atomic E-state index is 14.7. The number of hydrogen-bond acceptors (Lipinski definition) is 3. The van der Waals surface area contributed by atoms with Crippen LogP contribution >= 0.6 is 11.6 Å². The highest BCUT2D eigenvalue weighted by atomic mass is 35.5. The molecule has 1 fully saturated rings. The van der Waals surface area contributed by atoms with Gasteiger partial charge in [-0.3, -0.25) is 4.79 Å². The van der Waals surface area contributed by atoms with Crippen LogP contribution in [0.4, 0.5) is 0 Å². The Bertz CT molecular complexity index is 1650. The van der Waals surface area contributed by atoms with Crippen LogP contribution in [0, 0.1) is 0 Å². The van der Waals surface area contributed by atoms with E-state index in [9.17, 15) is 15.4 Å². The Labute approximate surface area is 227 Å². The van der Waals surface area contributed by atoms with Crippen LogP contribution in [0.25, 0.3) is 0 Å². The van der Waals surface area contributed by atoms with Gasteiger partial charge in [0.15, 0.2) is 0 Å². The summed E-state index contributed by atoms with van der Waals surface area (Å²) in [7, 11) is 2.25. The summed E-state index contributed by atoms with van der Waals surface area (Å²) in [5, 5.41) is 11.9. The summed E-state index contributed by atoms with van der Waals surface area (Å²) in [6.45, 7) is -3.93. The van der Waals surface area contributed by atoms with Gasteiger partial charge in [0.05, 0.1) is 19.3 Å². The molecule has 1 amide bonds. The van der Waals surface area contributed by atoms with Gasteiger partial charge in [0.25, 0.3) is 0 Å². The number of halogens is 1. The molecule has 1 aliphatic heterocycles. The molecular formula is C29H33ClN2O2. The average molecular weight is 491 g/mol. The predicted molar refractivity (Wildman–Crippen MR) is 138 cm³/mol. The van der Waals surface area contributed by atoms with Crippen LogP contribution in [-0.2, 0) is 15.8 Å². The summed E-state index contributed by atoms with van der Waals surface area (Å²) in [6, 6.07) is -4.06. The fraction of sp³-hybridized carbons (Fsp3) is 0.345. The fourth-order valence-corrected chi connectivity index (χ4v) is 4.05. The molecule has 1 aliphatic rings. The van der Waals surface area contributed by atoms with Gasteiger partial charge < -0.3 is 14.9 Å². The second kappa shape index (κ2) is 10.3. The Balaban J connectivity index is 2.11. The van der Waals surface area contributed by atoms with Gasteiger partial charge in [-0.2, -0.15) is 0 Å². The Morgan fingerprint density at radius 3 is 2.00 bits per heavy atom. The number of amides is 1. The van der Waals surface area contributed by atoms with Crippen molar-refractivity contribution < 1.29 is 29.1 Å². The lowest BCUT2D eigenvalue weighted by Crippen LogP contribution is -2.48. The zero-order valence-electron chi connectivity index (χ0n) is 32.8. The quantitative estimate of drug-likeness (QED) is 0.501. The molecule has 0 spiro atoms. The van der Waals surface area contributed by atoms with Crippen LogP contribution in [0.5, 0.6) is 0 Å². The van der Waals surface area contributed by atoms with Crippen LogP contribution in [0.1, 0.15) is 55.1 Å². The molecule has 5 heteroatoms. The van der Waals surface area contributed by atoms with Crippen LogP contribution in [0.15, 0.2) is 84.7 Å². The van der Waals surface area contributed by atoms with Crippen LogP contribution in [0.3, 0.4) is 0 Å². The van der Waals surface area contributed by atoms with Crippen molar-refractivity contribution in [1.82, 2.24) is 9.80 Å². The van der Waals surface area contributed by atoms with Crippen molar-refractivity contribution in [1.29, 1.82) is 0 Å². The highest BCUT2D eigenvalue weighted by Gasteiger charge is 2.43. The lowest BCUT2D eigenvalue weighted by atomic mass is 9.70. The number of likely N-dealkylation sites (tertiary alicyclic amines) is 1. The fourth-order valence-electron chi connectivity index (χ4n) is 3.93. The molecule has 0 unspecified atom stereocenters. The van der Waals surface area contributed by atoms with Gasteiger partial charge >= 0.3 is 0 Å². The van der Waals surface area contributed by atoms with E-state index in [0.717, 1.165) is 23.9 Å². The third-order valence-corrected chi connectivity index (χ3v) is 6.10. The van der Waals surface area contributed by atoms with Crippen molar-refractivity contribution >= 4 is 17.5 Å². The Hall–Kier alpha value is -2.66. The highest BCUT2D eigenvalue weighted by Crippen LogP contribution is 2.39. The summed E-state index contributed by atoms with van der Waals surface area (Å²) < 4.78 is 123.